The molecule has 2 heterocycles. The Morgan fingerprint density at radius 3 is 2.45 bits per heavy atom. The van der Waals surface area contributed by atoms with Crippen LogP contribution >= 0.6 is 0 Å². The highest BCUT2D eigenvalue weighted by Crippen LogP contribution is 2.21. The third-order valence-electron chi connectivity index (χ3n) is 2.99. The lowest BCUT2D eigenvalue weighted by Crippen LogP contribution is -2.13. The molecule has 2 aromatic heterocycles. The van der Waals surface area contributed by atoms with E-state index >= 15 is 0 Å². The van der Waals surface area contributed by atoms with Crippen molar-refractivity contribution in [2.45, 2.75) is 11.8 Å². The lowest BCUT2D eigenvalue weighted by atomic mass is 10.1. The van der Waals surface area contributed by atoms with Crippen LogP contribution in [-0.4, -0.2) is 18.6 Å². The highest BCUT2D eigenvalue weighted by Gasteiger charge is 2.16. The lowest BCUT2D eigenvalue weighted by Gasteiger charge is -2.06. The van der Waals surface area contributed by atoms with E-state index in [-0.39, 0.29) is 10.7 Å². The molecule has 0 aliphatic carbocycles. The van der Waals surface area contributed by atoms with Crippen LogP contribution in [0.5, 0.6) is 0 Å². The van der Waals surface area contributed by atoms with E-state index in [9.17, 15) is 8.42 Å². The van der Waals surface area contributed by atoms with Crippen molar-refractivity contribution in [3.63, 3.8) is 0 Å². The van der Waals surface area contributed by atoms with Crippen LogP contribution in [-0.2, 0) is 10.0 Å². The molecule has 0 aliphatic rings. The molecule has 0 saturated heterocycles. The Morgan fingerprint density at radius 1 is 1.09 bits per heavy atom. The molecule has 1 N–H and O–H groups in total. The van der Waals surface area contributed by atoms with E-state index < -0.39 is 10.0 Å². The van der Waals surface area contributed by atoms with E-state index in [0.29, 0.717) is 5.76 Å². The van der Waals surface area contributed by atoms with Crippen LogP contribution in [0.25, 0.3) is 11.3 Å². The summed E-state index contributed by atoms with van der Waals surface area (Å²) in [5, 5.41) is 3.62. The SMILES string of the molecule is Cc1cc(NS(=O)(=O)c2ccc(-c3ccccn3)cc2)no1. The number of benzene rings is 1. The highest BCUT2D eigenvalue weighted by molar-refractivity contribution is 7.92. The van der Waals surface area contributed by atoms with Crippen molar-refractivity contribution in [1.82, 2.24) is 10.1 Å². The van der Waals surface area contributed by atoms with Gasteiger partial charge in [-0.15, -0.1) is 0 Å². The summed E-state index contributed by atoms with van der Waals surface area (Å²) in [5.41, 5.74) is 1.63. The van der Waals surface area contributed by atoms with Gasteiger partial charge in [0.15, 0.2) is 5.82 Å². The highest BCUT2D eigenvalue weighted by atomic mass is 32.2. The molecule has 3 aromatic rings. The summed E-state index contributed by atoms with van der Waals surface area (Å²) in [5.74, 6) is 0.689. The van der Waals surface area contributed by atoms with Crippen LogP contribution in [0, 0.1) is 6.92 Å². The summed E-state index contributed by atoms with van der Waals surface area (Å²) in [6.45, 7) is 1.69. The van der Waals surface area contributed by atoms with Crippen molar-refractivity contribution < 1.29 is 12.9 Å². The van der Waals surface area contributed by atoms with Gasteiger partial charge in [-0.1, -0.05) is 23.4 Å². The summed E-state index contributed by atoms with van der Waals surface area (Å²) in [6.07, 6.45) is 1.69. The lowest BCUT2D eigenvalue weighted by molar-refractivity contribution is 0.400. The zero-order valence-electron chi connectivity index (χ0n) is 11.7. The number of aromatic nitrogens is 2. The maximum absolute atomic E-state index is 12.3. The van der Waals surface area contributed by atoms with Crippen LogP contribution in [0.2, 0.25) is 0 Å². The number of hydrogen-bond acceptors (Lipinski definition) is 5. The molecule has 0 saturated carbocycles. The fraction of sp³-hybridized carbons (Fsp3) is 0.0667. The van der Waals surface area contributed by atoms with Crippen LogP contribution in [0.15, 0.2) is 64.1 Å². The van der Waals surface area contributed by atoms with Crippen molar-refractivity contribution in [1.29, 1.82) is 0 Å². The third-order valence-corrected chi connectivity index (χ3v) is 4.36. The molecule has 3 rings (SSSR count). The second-order valence-electron chi connectivity index (χ2n) is 4.67. The van der Waals surface area contributed by atoms with Crippen LogP contribution < -0.4 is 4.72 Å². The van der Waals surface area contributed by atoms with E-state index in [2.05, 4.69) is 14.9 Å². The molecular formula is C15H13N3O3S. The Hall–Kier alpha value is -2.67. The summed E-state index contributed by atoms with van der Waals surface area (Å²) in [7, 11) is -3.69. The average molecular weight is 315 g/mol. The van der Waals surface area contributed by atoms with Gasteiger partial charge < -0.3 is 4.52 Å². The molecule has 112 valence electrons. The molecule has 6 nitrogen and oxygen atoms in total. The molecule has 0 bridgehead atoms. The number of sulfonamides is 1. The van der Waals surface area contributed by atoms with Gasteiger partial charge in [0, 0.05) is 17.8 Å². The van der Waals surface area contributed by atoms with Gasteiger partial charge in [-0.3, -0.25) is 9.71 Å². The number of aryl methyl sites for hydroxylation is 1. The van der Waals surface area contributed by atoms with Gasteiger partial charge in [-0.25, -0.2) is 8.42 Å². The second-order valence-corrected chi connectivity index (χ2v) is 6.35. The van der Waals surface area contributed by atoms with Gasteiger partial charge in [0.05, 0.1) is 10.6 Å². The quantitative estimate of drug-likeness (QED) is 0.800. The van der Waals surface area contributed by atoms with E-state index in [1.54, 1.807) is 25.3 Å². The Labute approximate surface area is 127 Å². The van der Waals surface area contributed by atoms with Crippen molar-refractivity contribution >= 4 is 15.8 Å². The van der Waals surface area contributed by atoms with Crippen molar-refractivity contribution in [2.24, 2.45) is 0 Å². The van der Waals surface area contributed by atoms with Crippen molar-refractivity contribution in [2.75, 3.05) is 4.72 Å². The maximum atomic E-state index is 12.3. The maximum Gasteiger partial charge on any atom is 0.263 e. The normalized spacial score (nSPS) is 11.3. The fourth-order valence-electron chi connectivity index (χ4n) is 1.95. The molecule has 7 heteroatoms. The first-order valence-corrected chi connectivity index (χ1v) is 8.00. The minimum Gasteiger partial charge on any atom is -0.360 e. The molecule has 0 fully saturated rings. The molecule has 0 unspecified atom stereocenters. The Balaban J connectivity index is 1.86. The molecule has 0 radical (unpaired) electrons. The topological polar surface area (TPSA) is 85.1 Å². The predicted molar refractivity (Wildman–Crippen MR) is 81.7 cm³/mol. The number of rotatable bonds is 4. The third kappa shape index (κ3) is 2.99. The summed E-state index contributed by atoms with van der Waals surface area (Å²) in [6, 6.07) is 13.6. The van der Waals surface area contributed by atoms with Gasteiger partial charge in [-0.2, -0.15) is 0 Å². The molecule has 0 atom stereocenters. The second kappa shape index (κ2) is 5.61. The number of pyridine rings is 1. The van der Waals surface area contributed by atoms with Crippen molar-refractivity contribution in [3.8, 4) is 11.3 Å². The Bertz CT molecular complexity index is 872. The monoisotopic (exact) mass is 315 g/mol. The first-order chi connectivity index (χ1) is 10.5. The van der Waals surface area contributed by atoms with E-state index in [4.69, 9.17) is 4.52 Å². The fourth-order valence-corrected chi connectivity index (χ4v) is 2.93. The first kappa shape index (κ1) is 14.3. The summed E-state index contributed by atoms with van der Waals surface area (Å²) < 4.78 is 31.7. The zero-order chi connectivity index (χ0) is 15.6. The van der Waals surface area contributed by atoms with Crippen LogP contribution in [0.3, 0.4) is 0 Å². The van der Waals surface area contributed by atoms with Crippen LogP contribution in [0.4, 0.5) is 5.82 Å². The Morgan fingerprint density at radius 2 is 1.86 bits per heavy atom. The standard InChI is InChI=1S/C15H13N3O3S/c1-11-10-15(17-21-11)18-22(19,20)13-7-5-12(6-8-13)14-4-2-3-9-16-14/h2-10H,1H3,(H,17,18). The van der Waals surface area contributed by atoms with Crippen molar-refractivity contribution in [3.05, 3.63) is 60.5 Å². The largest absolute Gasteiger partial charge is 0.360 e. The number of nitrogens with zero attached hydrogens (tertiary/aromatic N) is 2. The van der Waals surface area contributed by atoms with Gasteiger partial charge in [0.1, 0.15) is 5.76 Å². The first-order valence-electron chi connectivity index (χ1n) is 6.52. The predicted octanol–water partition coefficient (Wildman–Crippen LogP) is 2.85. The minimum atomic E-state index is -3.69. The van der Waals surface area contributed by atoms with E-state index in [1.807, 2.05) is 18.2 Å². The molecular weight excluding hydrogens is 302 g/mol. The smallest absolute Gasteiger partial charge is 0.263 e. The van der Waals surface area contributed by atoms with E-state index in [0.717, 1.165) is 11.3 Å². The molecule has 0 spiro atoms. The number of hydrogen-bond donors (Lipinski definition) is 1. The molecule has 22 heavy (non-hydrogen) atoms. The average Bonchev–Trinajstić information content (AvgIpc) is 2.93. The zero-order valence-corrected chi connectivity index (χ0v) is 12.5. The van der Waals surface area contributed by atoms with Gasteiger partial charge in [0.2, 0.25) is 0 Å². The van der Waals surface area contributed by atoms with Gasteiger partial charge in [0.25, 0.3) is 10.0 Å². The number of nitrogens with one attached hydrogen (secondary N) is 1. The van der Waals surface area contributed by atoms with Crippen LogP contribution in [0.1, 0.15) is 5.76 Å². The van der Waals surface area contributed by atoms with Gasteiger partial charge in [-0.05, 0) is 31.2 Å². The van der Waals surface area contributed by atoms with Gasteiger partial charge >= 0.3 is 0 Å². The summed E-state index contributed by atoms with van der Waals surface area (Å²) >= 11 is 0. The molecule has 0 aliphatic heterocycles. The number of anilines is 1. The summed E-state index contributed by atoms with van der Waals surface area (Å²) in [4.78, 5) is 4.37. The minimum absolute atomic E-state index is 0.146. The molecule has 0 amide bonds. The molecule has 1 aromatic carbocycles. The Kier molecular flexibility index (Phi) is 3.64. The van der Waals surface area contributed by atoms with E-state index in [1.165, 1.54) is 18.2 Å².